The fraction of sp³-hybridized carbons (Fsp3) is 0.764. The summed E-state index contributed by atoms with van der Waals surface area (Å²) >= 11 is 0. The van der Waals surface area contributed by atoms with Gasteiger partial charge in [-0.05, 0) is 96.3 Å². The van der Waals surface area contributed by atoms with E-state index in [0.29, 0.717) is 19.3 Å². The number of allylic oxidation sites excluding steroid dienone is 14. The number of hydrogen-bond acceptors (Lipinski definition) is 6. The van der Waals surface area contributed by atoms with Gasteiger partial charge in [0.05, 0.1) is 0 Å². The van der Waals surface area contributed by atoms with E-state index in [1.54, 1.807) is 0 Å². The minimum absolute atomic E-state index is 0.0826. The van der Waals surface area contributed by atoms with Gasteiger partial charge in [0, 0.05) is 19.3 Å². The van der Waals surface area contributed by atoms with Gasteiger partial charge >= 0.3 is 17.9 Å². The third-order valence-corrected chi connectivity index (χ3v) is 14.6. The first-order chi connectivity index (χ1) is 38.5. The molecule has 0 amide bonds. The molecule has 0 saturated heterocycles. The molecule has 0 rings (SSSR count). The first kappa shape index (κ1) is 74.6. The van der Waals surface area contributed by atoms with Gasteiger partial charge in [-0.15, -0.1) is 0 Å². The maximum absolute atomic E-state index is 12.9. The fourth-order valence-electron chi connectivity index (χ4n) is 9.62. The highest BCUT2D eigenvalue weighted by molar-refractivity contribution is 5.71. The van der Waals surface area contributed by atoms with Crippen molar-refractivity contribution in [1.29, 1.82) is 0 Å². The van der Waals surface area contributed by atoms with Gasteiger partial charge in [0.1, 0.15) is 13.2 Å². The van der Waals surface area contributed by atoms with Gasteiger partial charge in [-0.2, -0.15) is 0 Å². The minimum atomic E-state index is -0.786. The smallest absolute Gasteiger partial charge is 0.306 e. The molecule has 0 aliphatic heterocycles. The van der Waals surface area contributed by atoms with Gasteiger partial charge in [-0.1, -0.05) is 305 Å². The molecular formula is C72H126O6. The van der Waals surface area contributed by atoms with Crippen molar-refractivity contribution in [2.24, 2.45) is 0 Å². The van der Waals surface area contributed by atoms with Gasteiger partial charge in [-0.3, -0.25) is 14.4 Å². The molecule has 0 fully saturated rings. The Labute approximate surface area is 484 Å². The van der Waals surface area contributed by atoms with Gasteiger partial charge in [-0.25, -0.2) is 0 Å². The zero-order chi connectivity index (χ0) is 56.4. The highest BCUT2D eigenvalue weighted by Gasteiger charge is 2.19. The second-order valence-corrected chi connectivity index (χ2v) is 22.4. The van der Waals surface area contributed by atoms with Crippen LogP contribution < -0.4 is 0 Å². The Hall–Kier alpha value is -3.41. The SMILES string of the molecule is CC/C=C\C/C=C\C/C=C\C/C=C\C/C=C\C/C=C\CCCCCCCCC(=O)OCC(COC(=O)CCCCCCC/C=C\CCCCCCCC)OC(=O)CCCCCCCCCCCCCCCCCCCCCC. The number of ether oxygens (including phenoxy) is 3. The zero-order valence-corrected chi connectivity index (χ0v) is 51.7. The third kappa shape index (κ3) is 63.4. The molecular weight excluding hydrogens is 961 g/mol. The molecule has 0 radical (unpaired) electrons. The second kappa shape index (κ2) is 66.1. The third-order valence-electron chi connectivity index (χ3n) is 14.6. The highest BCUT2D eigenvalue weighted by Crippen LogP contribution is 2.17. The molecule has 0 aliphatic carbocycles. The molecule has 1 unspecified atom stereocenters. The van der Waals surface area contributed by atoms with Crippen LogP contribution in [-0.4, -0.2) is 37.2 Å². The van der Waals surface area contributed by atoms with Crippen molar-refractivity contribution < 1.29 is 28.6 Å². The largest absolute Gasteiger partial charge is 0.462 e. The maximum atomic E-state index is 12.9. The zero-order valence-electron chi connectivity index (χ0n) is 51.7. The average molecular weight is 1090 g/mol. The highest BCUT2D eigenvalue weighted by atomic mass is 16.6. The number of carbonyl (C=O) groups excluding carboxylic acids is 3. The van der Waals surface area contributed by atoms with E-state index in [1.807, 2.05) is 0 Å². The Morgan fingerprint density at radius 1 is 0.269 bits per heavy atom. The van der Waals surface area contributed by atoms with Crippen LogP contribution >= 0.6 is 0 Å². The molecule has 0 aromatic carbocycles. The lowest BCUT2D eigenvalue weighted by atomic mass is 10.0. The minimum Gasteiger partial charge on any atom is -0.462 e. The van der Waals surface area contributed by atoms with E-state index in [1.165, 1.54) is 180 Å². The summed E-state index contributed by atoms with van der Waals surface area (Å²) < 4.78 is 17.0. The molecule has 0 spiro atoms. The first-order valence-corrected chi connectivity index (χ1v) is 33.6. The van der Waals surface area contributed by atoms with Crippen LogP contribution in [0.4, 0.5) is 0 Å². The van der Waals surface area contributed by atoms with Crippen molar-refractivity contribution in [2.75, 3.05) is 13.2 Å². The van der Waals surface area contributed by atoms with E-state index in [-0.39, 0.29) is 31.1 Å². The van der Waals surface area contributed by atoms with E-state index in [2.05, 4.69) is 106 Å². The number of unbranched alkanes of at least 4 members (excludes halogenated alkanes) is 36. The summed E-state index contributed by atoms with van der Waals surface area (Å²) in [5.41, 5.74) is 0. The normalized spacial score (nSPS) is 12.6. The van der Waals surface area contributed by atoms with E-state index < -0.39 is 6.10 Å². The second-order valence-electron chi connectivity index (χ2n) is 22.4. The van der Waals surface area contributed by atoms with Crippen molar-refractivity contribution >= 4 is 17.9 Å². The van der Waals surface area contributed by atoms with Crippen LogP contribution in [0.25, 0.3) is 0 Å². The number of rotatable bonds is 61. The summed E-state index contributed by atoms with van der Waals surface area (Å²) in [6, 6.07) is 0. The summed E-state index contributed by atoms with van der Waals surface area (Å²) in [5, 5.41) is 0. The monoisotopic (exact) mass is 1090 g/mol. The van der Waals surface area contributed by atoms with Crippen LogP contribution in [0.5, 0.6) is 0 Å². The summed E-state index contributed by atoms with van der Waals surface area (Å²) in [6.45, 7) is 6.55. The van der Waals surface area contributed by atoms with Crippen LogP contribution in [-0.2, 0) is 28.6 Å². The molecule has 1 atom stereocenters. The van der Waals surface area contributed by atoms with Gasteiger partial charge in [0.15, 0.2) is 6.10 Å². The van der Waals surface area contributed by atoms with Crippen molar-refractivity contribution in [2.45, 2.75) is 341 Å². The van der Waals surface area contributed by atoms with Crippen LogP contribution in [0.2, 0.25) is 0 Å². The quantitative estimate of drug-likeness (QED) is 0.0261. The molecule has 78 heavy (non-hydrogen) atoms. The lowest BCUT2D eigenvalue weighted by Gasteiger charge is -2.18. The molecule has 0 heterocycles. The molecule has 6 heteroatoms. The van der Waals surface area contributed by atoms with Crippen molar-refractivity contribution in [3.63, 3.8) is 0 Å². The predicted octanol–water partition coefficient (Wildman–Crippen LogP) is 23.1. The van der Waals surface area contributed by atoms with Crippen molar-refractivity contribution in [3.8, 4) is 0 Å². The van der Waals surface area contributed by atoms with Crippen LogP contribution in [0.15, 0.2) is 85.1 Å². The molecule has 0 aromatic heterocycles. The Bertz CT molecular complexity index is 1480. The number of hydrogen-bond donors (Lipinski definition) is 0. The molecule has 450 valence electrons. The Kier molecular flexibility index (Phi) is 63.2. The molecule has 6 nitrogen and oxygen atoms in total. The Morgan fingerprint density at radius 3 is 0.795 bits per heavy atom. The van der Waals surface area contributed by atoms with Crippen LogP contribution in [0, 0.1) is 0 Å². The Balaban J connectivity index is 4.37. The van der Waals surface area contributed by atoms with Crippen molar-refractivity contribution in [3.05, 3.63) is 85.1 Å². The van der Waals surface area contributed by atoms with E-state index in [9.17, 15) is 14.4 Å². The summed E-state index contributed by atoms with van der Waals surface area (Å²) in [4.78, 5) is 38.4. The number of esters is 3. The standard InChI is InChI=1S/C72H126O6/c1-4-7-10-13-16-19-22-25-28-30-32-34-35-36-37-38-40-41-44-47-50-53-56-59-62-65-71(74)77-68-69(67-76-70(73)64-61-58-55-52-49-46-43-27-24-21-18-15-12-9-6-3)78-72(75)66-63-60-57-54-51-48-45-42-39-33-31-29-26-23-20-17-14-11-8-5-2/h7,10,16,19,25,27-28,32,34,36-37,40-41,43,69H,4-6,8-9,11-15,17-18,20-24,26,29-31,33,35,38-39,42,44-68H2,1-3H3/b10-7-,19-16-,28-25-,34-32-,37-36-,41-40-,43-27-. The van der Waals surface area contributed by atoms with Gasteiger partial charge < -0.3 is 14.2 Å². The van der Waals surface area contributed by atoms with Crippen LogP contribution in [0.3, 0.4) is 0 Å². The molecule has 0 aliphatic rings. The molecule has 0 aromatic rings. The molecule has 0 saturated carbocycles. The molecule has 0 N–H and O–H groups in total. The van der Waals surface area contributed by atoms with Gasteiger partial charge in [0.25, 0.3) is 0 Å². The lowest BCUT2D eigenvalue weighted by Crippen LogP contribution is -2.30. The summed E-state index contributed by atoms with van der Waals surface area (Å²) in [5.74, 6) is -0.888. The maximum Gasteiger partial charge on any atom is 0.306 e. The fourth-order valence-corrected chi connectivity index (χ4v) is 9.62. The van der Waals surface area contributed by atoms with Gasteiger partial charge in [0.2, 0.25) is 0 Å². The number of carbonyl (C=O) groups is 3. The first-order valence-electron chi connectivity index (χ1n) is 33.6. The lowest BCUT2D eigenvalue weighted by molar-refractivity contribution is -0.167. The topological polar surface area (TPSA) is 78.9 Å². The average Bonchev–Trinajstić information content (AvgIpc) is 3.44. The van der Waals surface area contributed by atoms with Crippen LogP contribution in [0.1, 0.15) is 335 Å². The van der Waals surface area contributed by atoms with E-state index in [0.717, 1.165) is 116 Å². The Morgan fingerprint density at radius 2 is 0.500 bits per heavy atom. The van der Waals surface area contributed by atoms with Crippen molar-refractivity contribution in [1.82, 2.24) is 0 Å². The summed E-state index contributed by atoms with van der Waals surface area (Å²) in [7, 11) is 0. The molecule has 0 bridgehead atoms. The van der Waals surface area contributed by atoms with E-state index in [4.69, 9.17) is 14.2 Å². The predicted molar refractivity (Wildman–Crippen MR) is 339 cm³/mol. The summed E-state index contributed by atoms with van der Waals surface area (Å²) in [6.07, 6.45) is 87.3. The van der Waals surface area contributed by atoms with E-state index >= 15 is 0 Å².